The molecule has 5 heteroatoms. The van der Waals surface area contributed by atoms with Crippen molar-refractivity contribution in [3.8, 4) is 0 Å². The second-order valence-electron chi connectivity index (χ2n) is 4.17. The van der Waals surface area contributed by atoms with Gasteiger partial charge in [0.1, 0.15) is 6.29 Å². The summed E-state index contributed by atoms with van der Waals surface area (Å²) >= 11 is 6.55. The van der Waals surface area contributed by atoms with Crippen molar-refractivity contribution in [3.05, 3.63) is 70.8 Å². The highest BCUT2D eigenvalue weighted by molar-refractivity contribution is 9.08. The maximum Gasteiger partial charge on any atom is 0.263 e. The van der Waals surface area contributed by atoms with Crippen LogP contribution in [0.2, 0.25) is 0 Å². The van der Waals surface area contributed by atoms with Gasteiger partial charge in [0.15, 0.2) is 0 Å². The van der Waals surface area contributed by atoms with Gasteiger partial charge in [0.05, 0.1) is 0 Å². The summed E-state index contributed by atoms with van der Waals surface area (Å²) < 4.78 is 24.0. The molecule has 112 valence electrons. The molecule has 0 N–H and O–H groups in total. The van der Waals surface area contributed by atoms with Crippen LogP contribution in [0.1, 0.15) is 33.5 Å². The molecule has 2 aromatic carbocycles. The van der Waals surface area contributed by atoms with Gasteiger partial charge in [-0.1, -0.05) is 80.4 Å². The Labute approximate surface area is 139 Å². The quantitative estimate of drug-likeness (QED) is 0.444. The van der Waals surface area contributed by atoms with Gasteiger partial charge in [0, 0.05) is 21.8 Å². The zero-order valence-electron chi connectivity index (χ0n) is 11.1. The average Bonchev–Trinajstić information content (AvgIpc) is 2.55. The Bertz CT molecular complexity index is 539. The Morgan fingerprint density at radius 1 is 0.857 bits per heavy atom. The Kier molecular flexibility index (Phi) is 8.38. The Hall–Kier alpha value is -1.07. The normalized spacial score (nSPS) is 9.95. The summed E-state index contributed by atoms with van der Waals surface area (Å²) in [5.74, 6) is 0. The zero-order chi connectivity index (χ0) is 15.7. The van der Waals surface area contributed by atoms with Crippen LogP contribution in [0.4, 0.5) is 8.78 Å². The van der Waals surface area contributed by atoms with Crippen LogP contribution < -0.4 is 0 Å². The van der Waals surface area contributed by atoms with E-state index in [4.69, 9.17) is 0 Å². The van der Waals surface area contributed by atoms with Gasteiger partial charge in [-0.05, 0) is 11.1 Å². The molecule has 2 aromatic rings. The highest BCUT2D eigenvalue weighted by Gasteiger charge is 2.04. The summed E-state index contributed by atoms with van der Waals surface area (Å²) in [6, 6.07) is 13.7. The smallest absolute Gasteiger partial charge is 0.263 e. The minimum absolute atomic E-state index is 0.0784. The first-order valence-electron chi connectivity index (χ1n) is 6.13. The minimum Gasteiger partial charge on any atom is -0.298 e. The third-order valence-corrected chi connectivity index (χ3v) is 3.95. The molecular weight excluding hydrogens is 406 g/mol. The van der Waals surface area contributed by atoms with Crippen LogP contribution in [-0.2, 0) is 10.7 Å². The number of rotatable bonds is 4. The van der Waals surface area contributed by atoms with E-state index >= 15 is 0 Å². The molecule has 0 atom stereocenters. The number of halogens is 4. The summed E-state index contributed by atoms with van der Waals surface area (Å²) in [7, 11) is 0. The first-order chi connectivity index (χ1) is 10.1. The molecule has 0 aliphatic carbocycles. The predicted octanol–water partition coefficient (Wildman–Crippen LogP) is 5.91. The first kappa shape index (κ1) is 18.0. The fourth-order valence-electron chi connectivity index (χ4n) is 1.44. The van der Waals surface area contributed by atoms with Gasteiger partial charge in [-0.3, -0.25) is 4.79 Å². The van der Waals surface area contributed by atoms with Crippen molar-refractivity contribution in [2.45, 2.75) is 17.1 Å². The third-order valence-electron chi connectivity index (χ3n) is 2.66. The van der Waals surface area contributed by atoms with Crippen molar-refractivity contribution in [3.63, 3.8) is 0 Å². The van der Waals surface area contributed by atoms with E-state index in [9.17, 15) is 13.6 Å². The summed E-state index contributed by atoms with van der Waals surface area (Å²) in [4.78, 5) is 10.2. The molecule has 0 fully saturated rings. The lowest BCUT2D eigenvalue weighted by atomic mass is 10.2. The second-order valence-corrected chi connectivity index (χ2v) is 5.29. The summed E-state index contributed by atoms with van der Waals surface area (Å²) in [6.45, 7) is 0. The van der Waals surface area contributed by atoms with Crippen molar-refractivity contribution in [1.82, 2.24) is 0 Å². The maximum atomic E-state index is 12.0. The number of hydrogen-bond acceptors (Lipinski definition) is 1. The van der Waals surface area contributed by atoms with E-state index in [1.807, 2.05) is 24.3 Å². The lowest BCUT2D eigenvalue weighted by Crippen LogP contribution is -1.84. The number of hydrogen-bond donors (Lipinski definition) is 0. The van der Waals surface area contributed by atoms with Crippen molar-refractivity contribution in [1.29, 1.82) is 0 Å². The fourth-order valence-corrected chi connectivity index (χ4v) is 2.19. The van der Waals surface area contributed by atoms with Crippen molar-refractivity contribution >= 4 is 38.1 Å². The van der Waals surface area contributed by atoms with Crippen molar-refractivity contribution < 1.29 is 13.6 Å². The highest BCUT2D eigenvalue weighted by Crippen LogP contribution is 2.19. The van der Waals surface area contributed by atoms with Crippen LogP contribution in [0.3, 0.4) is 0 Å². The maximum absolute atomic E-state index is 12.0. The van der Waals surface area contributed by atoms with E-state index in [-0.39, 0.29) is 5.56 Å². The SMILES string of the molecule is FC(F)c1ccc(CBr)cc1.O=Cc1ccc(CBr)cc1. The number of benzene rings is 2. The monoisotopic (exact) mass is 418 g/mol. The van der Waals surface area contributed by atoms with Crippen molar-refractivity contribution in [2.24, 2.45) is 0 Å². The van der Waals surface area contributed by atoms with Gasteiger partial charge in [0.2, 0.25) is 0 Å². The Balaban J connectivity index is 0.000000211. The standard InChI is InChI=1S/C8H7BrF2.C8H7BrO/c9-5-6-1-3-7(4-2-6)8(10)11;9-5-7-1-3-8(6-10)4-2-7/h1-4,8H,5H2;1-4,6H,5H2. The van der Waals surface area contributed by atoms with E-state index in [2.05, 4.69) is 31.9 Å². The van der Waals surface area contributed by atoms with E-state index in [1.54, 1.807) is 12.1 Å². The molecule has 0 radical (unpaired) electrons. The van der Waals surface area contributed by atoms with Crippen LogP contribution in [0.15, 0.2) is 48.5 Å². The van der Waals surface area contributed by atoms with Gasteiger partial charge >= 0.3 is 0 Å². The molecule has 1 nitrogen and oxygen atoms in total. The molecule has 0 amide bonds. The molecule has 0 aliphatic heterocycles. The number of carbonyl (C=O) groups is 1. The summed E-state index contributed by atoms with van der Waals surface area (Å²) in [5, 5.41) is 1.54. The van der Waals surface area contributed by atoms with Gasteiger partial charge in [-0.2, -0.15) is 0 Å². The number of carbonyl (C=O) groups excluding carboxylic acids is 1. The first-order valence-corrected chi connectivity index (χ1v) is 8.38. The van der Waals surface area contributed by atoms with E-state index in [0.717, 1.165) is 22.7 Å². The lowest BCUT2D eigenvalue weighted by molar-refractivity contribution is 0.112. The molecule has 0 aliphatic rings. The zero-order valence-corrected chi connectivity index (χ0v) is 14.3. The molecular formula is C16H14Br2F2O. The van der Waals surface area contributed by atoms with Crippen LogP contribution in [0.5, 0.6) is 0 Å². The molecule has 0 saturated carbocycles. The molecule has 0 bridgehead atoms. The van der Waals surface area contributed by atoms with Crippen LogP contribution >= 0.6 is 31.9 Å². The fraction of sp³-hybridized carbons (Fsp3) is 0.188. The summed E-state index contributed by atoms with van der Waals surface area (Å²) in [6.07, 6.45) is -1.52. The second kappa shape index (κ2) is 9.79. The average molecular weight is 420 g/mol. The summed E-state index contributed by atoms with van der Waals surface area (Å²) in [5.41, 5.74) is 3.00. The topological polar surface area (TPSA) is 17.1 Å². The predicted molar refractivity (Wildman–Crippen MR) is 88.5 cm³/mol. The molecule has 0 saturated heterocycles. The molecule has 0 spiro atoms. The van der Waals surface area contributed by atoms with Gasteiger partial charge in [-0.15, -0.1) is 0 Å². The molecule has 0 heterocycles. The lowest BCUT2D eigenvalue weighted by Gasteiger charge is -1.99. The molecule has 2 rings (SSSR count). The van der Waals surface area contributed by atoms with Crippen LogP contribution in [0.25, 0.3) is 0 Å². The highest BCUT2D eigenvalue weighted by atomic mass is 79.9. The van der Waals surface area contributed by atoms with Crippen LogP contribution in [0, 0.1) is 0 Å². The van der Waals surface area contributed by atoms with E-state index < -0.39 is 6.43 Å². The van der Waals surface area contributed by atoms with E-state index in [1.165, 1.54) is 17.7 Å². The minimum atomic E-state index is -2.36. The number of aldehydes is 1. The van der Waals surface area contributed by atoms with Gasteiger partial charge in [0.25, 0.3) is 6.43 Å². The van der Waals surface area contributed by atoms with E-state index in [0.29, 0.717) is 5.33 Å². The largest absolute Gasteiger partial charge is 0.298 e. The van der Waals surface area contributed by atoms with Crippen molar-refractivity contribution in [2.75, 3.05) is 0 Å². The third kappa shape index (κ3) is 6.48. The molecule has 21 heavy (non-hydrogen) atoms. The van der Waals surface area contributed by atoms with Gasteiger partial charge < -0.3 is 0 Å². The van der Waals surface area contributed by atoms with Gasteiger partial charge in [-0.25, -0.2) is 8.78 Å². The molecule has 0 aromatic heterocycles. The Morgan fingerprint density at radius 3 is 1.62 bits per heavy atom. The Morgan fingerprint density at radius 2 is 1.29 bits per heavy atom. The molecule has 0 unspecified atom stereocenters. The number of alkyl halides is 4. The van der Waals surface area contributed by atoms with Crippen LogP contribution in [-0.4, -0.2) is 6.29 Å².